The zero-order chi connectivity index (χ0) is 39.8. The van der Waals surface area contributed by atoms with Crippen LogP contribution in [0.25, 0.3) is 17.2 Å². The van der Waals surface area contributed by atoms with Crippen molar-refractivity contribution in [2.75, 3.05) is 32.7 Å². The molecule has 0 aliphatic carbocycles. The molecular formula is C45H51F3N4O4. The van der Waals surface area contributed by atoms with Crippen LogP contribution >= 0.6 is 0 Å². The van der Waals surface area contributed by atoms with Gasteiger partial charge in [0.2, 0.25) is 5.91 Å². The first-order chi connectivity index (χ1) is 27.0. The Morgan fingerprint density at radius 3 is 2.09 bits per heavy atom. The number of carboxylic acid groups (broad SMARTS) is 1. The van der Waals surface area contributed by atoms with Crippen LogP contribution in [0.5, 0.6) is 0 Å². The summed E-state index contributed by atoms with van der Waals surface area (Å²) in [7, 11) is 0. The smallest absolute Gasteiger partial charge is 0.475 e. The van der Waals surface area contributed by atoms with Crippen molar-refractivity contribution in [1.29, 1.82) is 0 Å². The summed E-state index contributed by atoms with van der Waals surface area (Å²) in [5.41, 5.74) is 5.99. The maximum absolute atomic E-state index is 13.6. The first-order valence-electron chi connectivity index (χ1n) is 19.5. The maximum Gasteiger partial charge on any atom is 0.490 e. The van der Waals surface area contributed by atoms with Gasteiger partial charge in [-0.3, -0.25) is 14.6 Å². The molecule has 2 aliphatic heterocycles. The van der Waals surface area contributed by atoms with Gasteiger partial charge < -0.3 is 20.2 Å². The number of amides is 2. The lowest BCUT2D eigenvalue weighted by atomic mass is 9.87. The minimum absolute atomic E-state index is 0.0264. The molecule has 0 spiro atoms. The Kier molecular flexibility index (Phi) is 15.8. The number of aromatic nitrogens is 1. The molecule has 0 bridgehead atoms. The van der Waals surface area contributed by atoms with E-state index >= 15 is 0 Å². The van der Waals surface area contributed by atoms with Crippen molar-refractivity contribution in [2.24, 2.45) is 11.8 Å². The Hall–Kier alpha value is -5.29. The molecule has 0 saturated carbocycles. The Morgan fingerprint density at radius 2 is 1.43 bits per heavy atom. The molecule has 56 heavy (non-hydrogen) atoms. The number of halogens is 3. The highest BCUT2D eigenvalue weighted by Gasteiger charge is 2.38. The van der Waals surface area contributed by atoms with E-state index in [1.807, 2.05) is 82.6 Å². The molecule has 0 radical (unpaired) electrons. The number of likely N-dealkylation sites (tertiary alicyclic amines) is 1. The molecule has 2 fully saturated rings. The largest absolute Gasteiger partial charge is 0.490 e. The summed E-state index contributed by atoms with van der Waals surface area (Å²) < 4.78 is 31.7. The second-order valence-corrected chi connectivity index (χ2v) is 14.6. The van der Waals surface area contributed by atoms with E-state index in [0.717, 1.165) is 77.6 Å². The number of hydrogen-bond acceptors (Lipinski definition) is 5. The summed E-state index contributed by atoms with van der Waals surface area (Å²) in [6.45, 7) is 5.13. The number of carbonyl (C=O) groups excluding carboxylic acids is 2. The van der Waals surface area contributed by atoms with Crippen molar-refractivity contribution in [3.05, 3.63) is 132 Å². The number of nitrogens with zero attached hydrogens (tertiary/aromatic N) is 3. The summed E-state index contributed by atoms with van der Waals surface area (Å²) in [5.74, 6) is -1.01. The second-order valence-electron chi connectivity index (χ2n) is 14.6. The highest BCUT2D eigenvalue weighted by atomic mass is 19.4. The standard InChI is InChI=1S/C43H50N4O2.C2HF3O2/c48-42(16-15-34-7-2-1-3-8-34)47(30-23-37-19-26-45-27-20-37)33-38-11-5-12-39(31-38)40-13-6-14-41(32-40)43(49)46-28-21-36(22-29-46)10-4-9-35-17-24-44-25-18-35;3-2(4,5)1(6)7/h1-3,5-8,11-16,19-20,26-27,31-32,35-36,44H,4,9-10,17-18,21-25,28-30,33H2;(H,6,7). The van der Waals surface area contributed by atoms with Crippen LogP contribution in [-0.2, 0) is 22.6 Å². The second kappa shape index (κ2) is 21.1. The Balaban J connectivity index is 0.000000784. The number of carbonyl (C=O) groups is 3. The molecule has 2 saturated heterocycles. The molecule has 2 aliphatic rings. The summed E-state index contributed by atoms with van der Waals surface area (Å²) in [6.07, 6.45) is 11.6. The maximum atomic E-state index is 13.6. The van der Waals surface area contributed by atoms with Crippen molar-refractivity contribution >= 4 is 23.9 Å². The van der Waals surface area contributed by atoms with E-state index in [-0.39, 0.29) is 11.8 Å². The number of piperidine rings is 2. The summed E-state index contributed by atoms with van der Waals surface area (Å²) >= 11 is 0. The monoisotopic (exact) mass is 768 g/mol. The fourth-order valence-corrected chi connectivity index (χ4v) is 7.29. The zero-order valence-electron chi connectivity index (χ0n) is 31.7. The third-order valence-corrected chi connectivity index (χ3v) is 10.5. The molecular weight excluding hydrogens is 718 g/mol. The normalized spacial score (nSPS) is 15.2. The van der Waals surface area contributed by atoms with Gasteiger partial charge in [0.25, 0.3) is 5.91 Å². The van der Waals surface area contributed by atoms with E-state index in [1.54, 1.807) is 18.5 Å². The van der Waals surface area contributed by atoms with Crippen molar-refractivity contribution in [3.63, 3.8) is 0 Å². The summed E-state index contributed by atoms with van der Waals surface area (Å²) in [4.78, 5) is 44.1. The molecule has 2 N–H and O–H groups in total. The van der Waals surface area contributed by atoms with Crippen LogP contribution in [0.4, 0.5) is 13.2 Å². The van der Waals surface area contributed by atoms with Gasteiger partial charge in [0.15, 0.2) is 0 Å². The lowest BCUT2D eigenvalue weighted by Crippen LogP contribution is -2.38. The molecule has 296 valence electrons. The van der Waals surface area contributed by atoms with E-state index in [9.17, 15) is 22.8 Å². The Morgan fingerprint density at radius 1 is 0.804 bits per heavy atom. The number of aliphatic carboxylic acids is 1. The van der Waals surface area contributed by atoms with Gasteiger partial charge in [0.05, 0.1) is 0 Å². The number of carboxylic acids is 1. The molecule has 3 heterocycles. The molecule has 6 rings (SSSR count). The van der Waals surface area contributed by atoms with Crippen molar-refractivity contribution in [1.82, 2.24) is 20.1 Å². The quantitative estimate of drug-likeness (QED) is 0.132. The third-order valence-electron chi connectivity index (χ3n) is 10.5. The number of alkyl halides is 3. The number of nitrogens with one attached hydrogen (secondary N) is 1. The summed E-state index contributed by atoms with van der Waals surface area (Å²) in [5, 5.41) is 10.6. The minimum Gasteiger partial charge on any atom is -0.475 e. The van der Waals surface area contributed by atoms with E-state index < -0.39 is 12.1 Å². The molecule has 8 nitrogen and oxygen atoms in total. The third kappa shape index (κ3) is 13.5. The van der Waals surface area contributed by atoms with E-state index in [2.05, 4.69) is 34.6 Å². The van der Waals surface area contributed by atoms with Gasteiger partial charge in [-0.05, 0) is 121 Å². The highest BCUT2D eigenvalue weighted by Crippen LogP contribution is 2.28. The van der Waals surface area contributed by atoms with Crippen LogP contribution in [0.2, 0.25) is 0 Å². The van der Waals surface area contributed by atoms with Gasteiger partial charge in [-0.1, -0.05) is 79.9 Å². The molecule has 11 heteroatoms. The van der Waals surface area contributed by atoms with Gasteiger partial charge in [-0.2, -0.15) is 13.2 Å². The first kappa shape index (κ1) is 41.9. The van der Waals surface area contributed by atoms with Gasteiger partial charge >= 0.3 is 12.1 Å². The van der Waals surface area contributed by atoms with E-state index in [1.165, 1.54) is 45.2 Å². The van der Waals surface area contributed by atoms with Gasteiger partial charge in [0.1, 0.15) is 0 Å². The zero-order valence-corrected chi connectivity index (χ0v) is 31.7. The Bertz CT molecular complexity index is 1870. The average molecular weight is 769 g/mol. The predicted molar refractivity (Wildman–Crippen MR) is 212 cm³/mol. The van der Waals surface area contributed by atoms with Crippen molar-refractivity contribution < 1.29 is 32.7 Å². The number of rotatable bonds is 13. The minimum atomic E-state index is -5.08. The summed E-state index contributed by atoms with van der Waals surface area (Å²) in [6, 6.07) is 30.3. The van der Waals surface area contributed by atoms with Crippen molar-refractivity contribution in [3.8, 4) is 11.1 Å². The van der Waals surface area contributed by atoms with Crippen LogP contribution in [0.1, 0.15) is 72.0 Å². The fourth-order valence-electron chi connectivity index (χ4n) is 7.29. The lowest BCUT2D eigenvalue weighted by Gasteiger charge is -2.32. The van der Waals surface area contributed by atoms with Gasteiger partial charge in [0, 0.05) is 50.2 Å². The number of pyridine rings is 1. The molecule has 0 atom stereocenters. The lowest BCUT2D eigenvalue weighted by molar-refractivity contribution is -0.192. The highest BCUT2D eigenvalue weighted by molar-refractivity contribution is 5.95. The van der Waals surface area contributed by atoms with Crippen LogP contribution < -0.4 is 5.32 Å². The number of benzene rings is 3. The SMILES string of the molecule is O=C(C=Cc1ccccc1)N(CCc1ccncc1)Cc1cccc(-c2cccc(C(=O)N3CCC(CCCC4CCNCC4)CC3)c2)c1.O=C(O)C(F)(F)F. The van der Waals surface area contributed by atoms with Crippen LogP contribution in [0.3, 0.4) is 0 Å². The molecule has 3 aromatic carbocycles. The topological polar surface area (TPSA) is 103 Å². The van der Waals surface area contributed by atoms with E-state index in [4.69, 9.17) is 9.90 Å². The predicted octanol–water partition coefficient (Wildman–Crippen LogP) is 8.69. The molecule has 1 aromatic heterocycles. The van der Waals surface area contributed by atoms with Crippen LogP contribution in [0.15, 0.2) is 109 Å². The Labute approximate surface area is 327 Å². The van der Waals surface area contributed by atoms with Crippen molar-refractivity contribution in [2.45, 2.75) is 64.1 Å². The van der Waals surface area contributed by atoms with Crippen LogP contribution in [0, 0.1) is 11.8 Å². The molecule has 4 aromatic rings. The number of hydrogen-bond donors (Lipinski definition) is 2. The van der Waals surface area contributed by atoms with Crippen LogP contribution in [-0.4, -0.2) is 76.6 Å². The first-order valence-corrected chi connectivity index (χ1v) is 19.5. The van der Waals surface area contributed by atoms with E-state index in [0.29, 0.717) is 13.1 Å². The average Bonchev–Trinajstić information content (AvgIpc) is 3.22. The fraction of sp³-hybridized carbons (Fsp3) is 0.378. The molecule has 2 amide bonds. The molecule has 0 unspecified atom stereocenters. The van der Waals surface area contributed by atoms with Gasteiger partial charge in [-0.25, -0.2) is 4.79 Å². The van der Waals surface area contributed by atoms with Gasteiger partial charge in [-0.15, -0.1) is 0 Å².